The summed E-state index contributed by atoms with van der Waals surface area (Å²) in [5, 5.41) is 15.8. The van der Waals surface area contributed by atoms with E-state index in [1.54, 1.807) is 6.20 Å². The maximum absolute atomic E-state index is 12.8. The van der Waals surface area contributed by atoms with Crippen LogP contribution in [0.4, 0.5) is 22.6 Å². The van der Waals surface area contributed by atoms with Crippen molar-refractivity contribution in [2.75, 3.05) is 17.2 Å². The van der Waals surface area contributed by atoms with Gasteiger partial charge in [-0.1, -0.05) is 19.9 Å². The van der Waals surface area contributed by atoms with E-state index in [0.717, 1.165) is 29.6 Å². The third-order valence-corrected chi connectivity index (χ3v) is 6.94. The number of anilines is 4. The van der Waals surface area contributed by atoms with Crippen LogP contribution in [0.1, 0.15) is 73.6 Å². The van der Waals surface area contributed by atoms with Crippen LogP contribution < -0.4 is 21.3 Å². The molecule has 0 atom stereocenters. The van der Waals surface area contributed by atoms with Crippen molar-refractivity contribution in [3.8, 4) is 0 Å². The lowest BCUT2D eigenvalue weighted by Crippen LogP contribution is -2.38. The fourth-order valence-electron chi connectivity index (χ4n) is 4.27. The van der Waals surface area contributed by atoms with E-state index in [9.17, 15) is 4.79 Å². The minimum atomic E-state index is -0.217. The maximum Gasteiger partial charge on any atom is 0.256 e. The monoisotopic (exact) mass is 477 g/mol. The van der Waals surface area contributed by atoms with Crippen LogP contribution in [0.2, 0.25) is 0 Å². The van der Waals surface area contributed by atoms with Gasteiger partial charge in [-0.2, -0.15) is 4.98 Å². The summed E-state index contributed by atoms with van der Waals surface area (Å²) in [4.78, 5) is 26.6. The summed E-state index contributed by atoms with van der Waals surface area (Å²) in [5.74, 6) is 1.21. The molecule has 3 heterocycles. The topological polar surface area (TPSA) is 104 Å². The minimum Gasteiger partial charge on any atom is -0.350 e. The molecule has 1 aliphatic heterocycles. The first kappa shape index (κ1) is 22.7. The molecule has 0 spiro atoms. The number of carbonyl (C=O) groups is 1. The van der Waals surface area contributed by atoms with Gasteiger partial charge in [0.1, 0.15) is 5.56 Å². The van der Waals surface area contributed by atoms with Crippen LogP contribution in [0.5, 0.6) is 0 Å². The van der Waals surface area contributed by atoms with Gasteiger partial charge in [-0.15, -0.1) is 11.3 Å². The van der Waals surface area contributed by atoms with Gasteiger partial charge in [-0.05, 0) is 49.9 Å². The molecular weight excluding hydrogens is 446 g/mol. The summed E-state index contributed by atoms with van der Waals surface area (Å²) in [6.45, 7) is 10.2. The molecule has 0 unspecified atom stereocenters. The maximum atomic E-state index is 12.8. The van der Waals surface area contributed by atoms with E-state index in [2.05, 4.69) is 68.7 Å². The molecule has 0 radical (unpaired) electrons. The zero-order chi connectivity index (χ0) is 23.9. The average molecular weight is 478 g/mol. The van der Waals surface area contributed by atoms with Gasteiger partial charge in [0, 0.05) is 47.7 Å². The number of thiazole rings is 1. The Hall–Kier alpha value is -3.04. The van der Waals surface area contributed by atoms with E-state index in [0.29, 0.717) is 23.2 Å². The van der Waals surface area contributed by atoms with Crippen LogP contribution in [0, 0.1) is 0 Å². The normalized spacial score (nSPS) is 16.7. The number of aromatic nitrogens is 3. The zero-order valence-electron chi connectivity index (χ0n) is 20.0. The number of rotatable bonds is 7. The molecule has 1 saturated carbocycles. The summed E-state index contributed by atoms with van der Waals surface area (Å²) in [6, 6.07) is 6.39. The first-order chi connectivity index (χ1) is 16.3. The fraction of sp³-hybridized carbons (Fsp3) is 0.440. The van der Waals surface area contributed by atoms with E-state index in [4.69, 9.17) is 4.98 Å². The lowest BCUT2D eigenvalue weighted by Gasteiger charge is -2.33. The van der Waals surface area contributed by atoms with Gasteiger partial charge in [0.15, 0.2) is 10.9 Å². The van der Waals surface area contributed by atoms with Crippen LogP contribution in [-0.4, -0.2) is 33.4 Å². The molecule has 0 bridgehead atoms. The second kappa shape index (κ2) is 8.96. The number of fused-ring (bicyclic) bond motifs is 1. The Morgan fingerprint density at radius 1 is 1.21 bits per heavy atom. The Bertz CT molecular complexity index is 1220. The number of amides is 1. The Morgan fingerprint density at radius 2 is 2.03 bits per heavy atom. The Labute approximate surface area is 204 Å². The molecule has 1 amide bonds. The average Bonchev–Trinajstić information content (AvgIpc) is 3.52. The fourth-order valence-corrected chi connectivity index (χ4v) is 5.06. The SMILES string of the molecule is CC(C)NC(=O)c1cnc(Nc2ccc3c(c2)CNCC3(C)C)nc1Nc1nc(C2CC2)cs1. The van der Waals surface area contributed by atoms with Gasteiger partial charge in [0.25, 0.3) is 5.91 Å². The van der Waals surface area contributed by atoms with Gasteiger partial charge < -0.3 is 21.3 Å². The standard InChI is InChI=1S/C25H31N7OS/c1-14(2)28-22(33)18-11-27-23(31-21(18)32-24-30-20(12-34-24)15-5-6-15)29-17-7-8-19-16(9-17)10-26-13-25(19,3)4/h7-9,11-12,14-15,26H,5-6,10,13H2,1-4H3,(H,28,33)(H2,27,29,30,31,32). The summed E-state index contributed by atoms with van der Waals surface area (Å²) >= 11 is 1.53. The van der Waals surface area contributed by atoms with E-state index in [1.807, 2.05) is 13.8 Å². The Morgan fingerprint density at radius 3 is 2.79 bits per heavy atom. The van der Waals surface area contributed by atoms with Gasteiger partial charge in [-0.3, -0.25) is 4.79 Å². The van der Waals surface area contributed by atoms with Gasteiger partial charge in [0.2, 0.25) is 5.95 Å². The molecule has 1 fully saturated rings. The van der Waals surface area contributed by atoms with Crippen LogP contribution in [0.15, 0.2) is 29.8 Å². The predicted octanol–water partition coefficient (Wildman–Crippen LogP) is 4.82. The summed E-state index contributed by atoms with van der Waals surface area (Å²) in [6.07, 6.45) is 3.95. The second-order valence-corrected chi connectivity index (χ2v) is 10.9. The molecule has 1 aliphatic carbocycles. The van der Waals surface area contributed by atoms with Gasteiger partial charge in [0.05, 0.1) is 5.69 Å². The van der Waals surface area contributed by atoms with Crippen molar-refractivity contribution >= 4 is 39.8 Å². The third kappa shape index (κ3) is 4.90. The van der Waals surface area contributed by atoms with Crippen LogP contribution in [0.25, 0.3) is 0 Å². The third-order valence-electron chi connectivity index (χ3n) is 6.17. The number of nitrogens with zero attached hydrogens (tertiary/aromatic N) is 3. The summed E-state index contributed by atoms with van der Waals surface area (Å²) < 4.78 is 0. The zero-order valence-corrected chi connectivity index (χ0v) is 20.8. The lowest BCUT2D eigenvalue weighted by molar-refractivity contribution is 0.0943. The Kier molecular flexibility index (Phi) is 5.99. The van der Waals surface area contributed by atoms with Crippen molar-refractivity contribution in [1.82, 2.24) is 25.6 Å². The Balaban J connectivity index is 1.42. The van der Waals surface area contributed by atoms with Crippen molar-refractivity contribution in [3.63, 3.8) is 0 Å². The number of hydrogen-bond acceptors (Lipinski definition) is 8. The van der Waals surface area contributed by atoms with Crippen molar-refractivity contribution < 1.29 is 4.79 Å². The van der Waals surface area contributed by atoms with Crippen molar-refractivity contribution in [3.05, 3.63) is 52.2 Å². The molecule has 4 N–H and O–H groups in total. The number of benzene rings is 1. The van der Waals surface area contributed by atoms with Crippen LogP contribution in [0.3, 0.4) is 0 Å². The quantitative estimate of drug-likeness (QED) is 0.387. The van der Waals surface area contributed by atoms with Crippen LogP contribution in [-0.2, 0) is 12.0 Å². The molecule has 8 nitrogen and oxygen atoms in total. The molecular formula is C25H31N7OS. The lowest BCUT2D eigenvalue weighted by atomic mass is 9.79. The molecule has 1 aromatic carbocycles. The van der Waals surface area contributed by atoms with E-state index in [1.165, 1.54) is 35.3 Å². The van der Waals surface area contributed by atoms with Crippen molar-refractivity contribution in [2.45, 2.75) is 64.5 Å². The predicted molar refractivity (Wildman–Crippen MR) is 136 cm³/mol. The van der Waals surface area contributed by atoms with Crippen molar-refractivity contribution in [2.24, 2.45) is 0 Å². The minimum absolute atomic E-state index is 0.00726. The molecule has 34 heavy (non-hydrogen) atoms. The number of nitrogens with one attached hydrogen (secondary N) is 4. The molecule has 2 aliphatic rings. The first-order valence-corrected chi connectivity index (χ1v) is 12.7. The van der Waals surface area contributed by atoms with Gasteiger partial charge >= 0.3 is 0 Å². The number of carbonyl (C=O) groups excluding carboxylic acids is 1. The highest BCUT2D eigenvalue weighted by atomic mass is 32.1. The summed E-state index contributed by atoms with van der Waals surface area (Å²) in [7, 11) is 0. The molecule has 9 heteroatoms. The molecule has 3 aromatic rings. The van der Waals surface area contributed by atoms with Crippen molar-refractivity contribution in [1.29, 1.82) is 0 Å². The molecule has 2 aromatic heterocycles. The highest BCUT2D eigenvalue weighted by molar-refractivity contribution is 7.13. The molecule has 178 valence electrons. The van der Waals surface area contributed by atoms with E-state index < -0.39 is 0 Å². The molecule has 0 saturated heterocycles. The van der Waals surface area contributed by atoms with E-state index in [-0.39, 0.29) is 17.4 Å². The number of hydrogen-bond donors (Lipinski definition) is 4. The highest BCUT2D eigenvalue weighted by Crippen LogP contribution is 2.41. The van der Waals surface area contributed by atoms with Gasteiger partial charge in [-0.25, -0.2) is 9.97 Å². The van der Waals surface area contributed by atoms with Crippen LogP contribution >= 0.6 is 11.3 Å². The van der Waals surface area contributed by atoms with E-state index >= 15 is 0 Å². The summed E-state index contributed by atoms with van der Waals surface area (Å²) in [5.41, 5.74) is 5.13. The molecule has 5 rings (SSSR count). The second-order valence-electron chi connectivity index (χ2n) is 10.0. The first-order valence-electron chi connectivity index (χ1n) is 11.8. The highest BCUT2D eigenvalue weighted by Gasteiger charge is 2.28. The largest absolute Gasteiger partial charge is 0.350 e. The smallest absolute Gasteiger partial charge is 0.256 e.